The summed E-state index contributed by atoms with van der Waals surface area (Å²) in [5, 5.41) is 4.63. The lowest BCUT2D eigenvalue weighted by Crippen LogP contribution is -2.33. The van der Waals surface area contributed by atoms with Crippen molar-refractivity contribution >= 4 is 29.0 Å². The van der Waals surface area contributed by atoms with Crippen molar-refractivity contribution in [3.8, 4) is 11.5 Å². The summed E-state index contributed by atoms with van der Waals surface area (Å²) in [5.41, 5.74) is 2.19. The normalized spacial score (nSPS) is 15.3. The first kappa shape index (κ1) is 24.5. The number of thiophene rings is 1. The zero-order chi connectivity index (χ0) is 24.9. The van der Waals surface area contributed by atoms with E-state index in [1.807, 2.05) is 60.2 Å². The fraction of sp³-hybridized carbons (Fsp3) is 0.346. The van der Waals surface area contributed by atoms with Crippen LogP contribution in [0.3, 0.4) is 0 Å². The van der Waals surface area contributed by atoms with Crippen LogP contribution in [0.2, 0.25) is 0 Å². The van der Waals surface area contributed by atoms with Gasteiger partial charge < -0.3 is 24.1 Å². The molecule has 0 radical (unpaired) electrons. The second kappa shape index (κ2) is 10.8. The number of fused-ring (bicyclic) bond motifs is 1. The Balaban J connectivity index is 1.35. The van der Waals surface area contributed by atoms with E-state index in [4.69, 9.17) is 14.2 Å². The SMILES string of the molecule is CC(=O)NC(CC(=O)OCC(=O)c1cc(C)n(CC2COc3ccccc3O2)c1C)c1cccs1. The minimum Gasteiger partial charge on any atom is -0.486 e. The number of rotatable bonds is 9. The minimum absolute atomic E-state index is 0.0487. The van der Waals surface area contributed by atoms with Crippen LogP contribution in [0.4, 0.5) is 0 Å². The lowest BCUT2D eigenvalue weighted by atomic mass is 10.1. The number of hydrogen-bond donors (Lipinski definition) is 1. The molecule has 2 aromatic heterocycles. The molecule has 35 heavy (non-hydrogen) atoms. The lowest BCUT2D eigenvalue weighted by Gasteiger charge is -2.27. The van der Waals surface area contributed by atoms with Crippen LogP contribution in [0.25, 0.3) is 0 Å². The van der Waals surface area contributed by atoms with Gasteiger partial charge in [-0.25, -0.2) is 0 Å². The van der Waals surface area contributed by atoms with Crippen molar-refractivity contribution < 1.29 is 28.6 Å². The minimum atomic E-state index is -0.550. The van der Waals surface area contributed by atoms with Crippen molar-refractivity contribution in [2.75, 3.05) is 13.2 Å². The Hall–Kier alpha value is -3.59. The Morgan fingerprint density at radius 2 is 1.94 bits per heavy atom. The molecule has 2 atom stereocenters. The summed E-state index contributed by atoms with van der Waals surface area (Å²) in [6, 6.07) is 12.5. The van der Waals surface area contributed by atoms with Gasteiger partial charge in [0, 0.05) is 28.8 Å². The van der Waals surface area contributed by atoms with Crippen LogP contribution in [0.5, 0.6) is 11.5 Å². The zero-order valence-corrected chi connectivity index (χ0v) is 20.7. The molecule has 0 aliphatic carbocycles. The molecule has 3 aromatic rings. The molecule has 1 aliphatic rings. The molecule has 8 nitrogen and oxygen atoms in total. The third-order valence-corrected chi connectivity index (χ3v) is 6.81. The first-order valence-electron chi connectivity index (χ1n) is 11.4. The third kappa shape index (κ3) is 5.92. The topological polar surface area (TPSA) is 95.9 Å². The van der Waals surface area contributed by atoms with Crippen LogP contribution < -0.4 is 14.8 Å². The molecule has 184 valence electrons. The second-order valence-corrected chi connectivity index (χ2v) is 9.43. The van der Waals surface area contributed by atoms with E-state index in [-0.39, 0.29) is 30.8 Å². The summed E-state index contributed by atoms with van der Waals surface area (Å²) in [4.78, 5) is 37.7. The fourth-order valence-corrected chi connectivity index (χ4v) is 4.91. The maximum Gasteiger partial charge on any atom is 0.308 e. The smallest absolute Gasteiger partial charge is 0.308 e. The van der Waals surface area contributed by atoms with E-state index < -0.39 is 12.0 Å². The van der Waals surface area contributed by atoms with Gasteiger partial charge in [-0.2, -0.15) is 0 Å². The van der Waals surface area contributed by atoms with Gasteiger partial charge in [-0.1, -0.05) is 18.2 Å². The maximum atomic E-state index is 12.9. The monoisotopic (exact) mass is 496 g/mol. The highest BCUT2D eigenvalue weighted by Crippen LogP contribution is 2.31. The maximum absolute atomic E-state index is 12.9. The standard InChI is InChI=1S/C26H28N2O6S/c1-16-11-20(17(2)28(16)13-19-14-32-23-7-4-5-8-24(23)34-19)22(30)15-33-26(31)12-21(27-18(3)29)25-9-6-10-35-25/h4-11,19,21H,12-15H2,1-3H3,(H,27,29). The summed E-state index contributed by atoms with van der Waals surface area (Å²) in [6.07, 6.45) is -0.245. The molecule has 0 fully saturated rings. The van der Waals surface area contributed by atoms with E-state index in [0.717, 1.165) is 22.0 Å². The average molecular weight is 497 g/mol. The molecule has 3 heterocycles. The number of Topliss-reactive ketones (excluding diaryl/α,β-unsaturated/α-hetero) is 1. The van der Waals surface area contributed by atoms with E-state index in [1.54, 1.807) is 6.07 Å². The first-order chi connectivity index (χ1) is 16.8. The summed E-state index contributed by atoms with van der Waals surface area (Å²) in [7, 11) is 0. The number of carbonyl (C=O) groups is 3. The van der Waals surface area contributed by atoms with Gasteiger partial charge in [0.05, 0.1) is 19.0 Å². The number of ketones is 1. The molecule has 0 saturated heterocycles. The molecule has 1 aliphatic heterocycles. The van der Waals surface area contributed by atoms with Crippen LogP contribution in [0.1, 0.15) is 46.0 Å². The molecule has 1 N–H and O–H groups in total. The number of carbonyl (C=O) groups excluding carboxylic acids is 3. The third-order valence-electron chi connectivity index (χ3n) is 5.83. The van der Waals surface area contributed by atoms with Gasteiger partial charge in [0.1, 0.15) is 6.61 Å². The van der Waals surface area contributed by atoms with Crippen molar-refractivity contribution in [3.63, 3.8) is 0 Å². The fourth-order valence-electron chi connectivity index (χ4n) is 4.13. The predicted octanol–water partition coefficient (Wildman–Crippen LogP) is 4.00. The summed E-state index contributed by atoms with van der Waals surface area (Å²) in [5.74, 6) is 0.356. The van der Waals surface area contributed by atoms with Crippen molar-refractivity contribution in [3.05, 3.63) is 69.7 Å². The molecule has 1 amide bonds. The number of nitrogens with one attached hydrogen (secondary N) is 1. The number of nitrogens with zero attached hydrogens (tertiary/aromatic N) is 1. The molecule has 0 saturated carbocycles. The highest BCUT2D eigenvalue weighted by Gasteiger charge is 2.25. The van der Waals surface area contributed by atoms with Gasteiger partial charge >= 0.3 is 5.97 Å². The van der Waals surface area contributed by atoms with Crippen LogP contribution in [-0.2, 0) is 20.9 Å². The van der Waals surface area contributed by atoms with Gasteiger partial charge in [-0.05, 0) is 43.5 Å². The molecule has 2 unspecified atom stereocenters. The Bertz CT molecular complexity index is 1220. The molecule has 0 bridgehead atoms. The number of para-hydroxylation sites is 2. The summed E-state index contributed by atoms with van der Waals surface area (Å²) < 4.78 is 19.1. The van der Waals surface area contributed by atoms with Crippen molar-refractivity contribution in [2.45, 2.75) is 45.9 Å². The van der Waals surface area contributed by atoms with Crippen LogP contribution in [0, 0.1) is 13.8 Å². The van der Waals surface area contributed by atoms with Gasteiger partial charge in [0.2, 0.25) is 11.7 Å². The van der Waals surface area contributed by atoms with Crippen molar-refractivity contribution in [1.82, 2.24) is 9.88 Å². The number of esters is 1. The van der Waals surface area contributed by atoms with E-state index in [1.165, 1.54) is 18.3 Å². The van der Waals surface area contributed by atoms with Gasteiger partial charge in [0.25, 0.3) is 0 Å². The predicted molar refractivity (Wildman–Crippen MR) is 131 cm³/mol. The van der Waals surface area contributed by atoms with Crippen LogP contribution >= 0.6 is 11.3 Å². The largest absolute Gasteiger partial charge is 0.486 e. The number of aryl methyl sites for hydroxylation is 1. The Kier molecular flexibility index (Phi) is 7.55. The molecule has 1 aromatic carbocycles. The number of ether oxygens (including phenoxy) is 3. The lowest BCUT2D eigenvalue weighted by molar-refractivity contribution is -0.143. The molecular formula is C26H28N2O6S. The average Bonchev–Trinajstić information content (AvgIpc) is 3.46. The number of aromatic nitrogens is 1. The van der Waals surface area contributed by atoms with Crippen molar-refractivity contribution in [2.24, 2.45) is 0 Å². The van der Waals surface area contributed by atoms with E-state index in [9.17, 15) is 14.4 Å². The van der Waals surface area contributed by atoms with Gasteiger partial charge in [-0.3, -0.25) is 14.4 Å². The van der Waals surface area contributed by atoms with E-state index in [2.05, 4.69) is 5.32 Å². The number of amides is 1. The summed E-state index contributed by atoms with van der Waals surface area (Å²) >= 11 is 1.44. The van der Waals surface area contributed by atoms with Gasteiger partial charge in [-0.15, -0.1) is 11.3 Å². The van der Waals surface area contributed by atoms with Gasteiger partial charge in [0.15, 0.2) is 24.2 Å². The highest BCUT2D eigenvalue weighted by atomic mass is 32.1. The summed E-state index contributed by atoms with van der Waals surface area (Å²) in [6.45, 7) is 5.76. The Morgan fingerprint density at radius 3 is 2.66 bits per heavy atom. The number of hydrogen-bond acceptors (Lipinski definition) is 7. The highest BCUT2D eigenvalue weighted by molar-refractivity contribution is 7.10. The molecule has 0 spiro atoms. The van der Waals surface area contributed by atoms with E-state index >= 15 is 0 Å². The molecule has 4 rings (SSSR count). The molecule has 9 heteroatoms. The van der Waals surface area contributed by atoms with Crippen LogP contribution in [0.15, 0.2) is 47.8 Å². The van der Waals surface area contributed by atoms with Crippen LogP contribution in [-0.4, -0.2) is 41.5 Å². The zero-order valence-electron chi connectivity index (χ0n) is 19.9. The molecular weight excluding hydrogens is 468 g/mol. The Labute approximate surface area is 207 Å². The van der Waals surface area contributed by atoms with Crippen molar-refractivity contribution in [1.29, 1.82) is 0 Å². The Morgan fingerprint density at radius 1 is 1.17 bits per heavy atom. The second-order valence-electron chi connectivity index (χ2n) is 8.45. The first-order valence-corrected chi connectivity index (χ1v) is 12.2. The number of benzene rings is 1. The van der Waals surface area contributed by atoms with E-state index in [0.29, 0.717) is 24.5 Å². The quantitative estimate of drug-likeness (QED) is 0.355.